The molecule has 288 valence electrons. The molecule has 0 aliphatic heterocycles. The van der Waals surface area contributed by atoms with Gasteiger partial charge in [-0.05, 0) is 81.8 Å². The number of fused-ring (bicyclic) bond motifs is 1. The molecule has 0 spiro atoms. The van der Waals surface area contributed by atoms with Crippen LogP contribution in [0, 0.1) is 0 Å². The molecule has 54 heavy (non-hydrogen) atoms. The molecule has 1 unspecified atom stereocenters. The van der Waals surface area contributed by atoms with Gasteiger partial charge in [-0.1, -0.05) is 32.3 Å². The Morgan fingerprint density at radius 2 is 1.72 bits per heavy atom. The number of pyridine rings is 1. The third kappa shape index (κ3) is 12.3. The summed E-state index contributed by atoms with van der Waals surface area (Å²) in [6, 6.07) is 17.5. The highest BCUT2D eigenvalue weighted by Crippen LogP contribution is 2.22. The van der Waals surface area contributed by atoms with E-state index in [4.69, 9.17) is 29.7 Å². The summed E-state index contributed by atoms with van der Waals surface area (Å²) in [6.07, 6.45) is 2.47. The average Bonchev–Trinajstić information content (AvgIpc) is 3.44. The normalized spacial score (nSPS) is 12.1. The van der Waals surface area contributed by atoms with Crippen molar-refractivity contribution in [1.82, 2.24) is 14.5 Å². The largest absolute Gasteiger partial charge is 0.511 e. The van der Waals surface area contributed by atoms with Crippen molar-refractivity contribution < 1.29 is 38.1 Å². The second-order valence-corrected chi connectivity index (χ2v) is 13.4. The number of aliphatic imine (C=N–C) groups is 1. The summed E-state index contributed by atoms with van der Waals surface area (Å²) in [4.78, 5) is 64.8. The van der Waals surface area contributed by atoms with Gasteiger partial charge in [0, 0.05) is 43.5 Å². The summed E-state index contributed by atoms with van der Waals surface area (Å²) in [5.41, 5.74) is 8.40. The Kier molecular flexibility index (Phi) is 14.5. The predicted molar refractivity (Wildman–Crippen MR) is 204 cm³/mol. The molecule has 0 radical (unpaired) electrons. The maximum atomic E-state index is 13.9. The standard InChI is InChI=1S/C39H49N7O8/c1-7-8-9-12-23-51-37(49)44-35(40)27-14-17-29(18-15-27)42-25-33-43-30-24-28(16-19-31(30)45(33)6)36(48)46(32-13-10-11-21-41-32)22-20-34(47)52-26(2)53-38(50)54-39(3,4)5/h10-11,13-19,21,24,26,42H,7-9,12,20,22-23,25H2,1-6H3,(H2,40,44,49). The summed E-state index contributed by atoms with van der Waals surface area (Å²) in [6.45, 7) is 9.21. The van der Waals surface area contributed by atoms with Crippen molar-refractivity contribution in [2.45, 2.75) is 85.2 Å². The molecule has 2 heterocycles. The summed E-state index contributed by atoms with van der Waals surface area (Å²) < 4.78 is 22.4. The molecule has 4 rings (SSSR count). The number of aromatic nitrogens is 3. The summed E-state index contributed by atoms with van der Waals surface area (Å²) in [5.74, 6) is 0.0536. The van der Waals surface area contributed by atoms with Gasteiger partial charge in [-0.15, -0.1) is 0 Å². The zero-order valence-corrected chi connectivity index (χ0v) is 31.7. The molecule has 0 fully saturated rings. The van der Waals surface area contributed by atoms with E-state index in [1.165, 1.54) is 11.8 Å². The van der Waals surface area contributed by atoms with Gasteiger partial charge in [0.2, 0.25) is 6.29 Å². The van der Waals surface area contributed by atoms with Gasteiger partial charge < -0.3 is 34.6 Å². The van der Waals surface area contributed by atoms with Gasteiger partial charge in [0.25, 0.3) is 5.91 Å². The second-order valence-electron chi connectivity index (χ2n) is 13.4. The number of hydrogen-bond donors (Lipinski definition) is 2. The van der Waals surface area contributed by atoms with Gasteiger partial charge in [-0.25, -0.2) is 19.6 Å². The SMILES string of the molecule is CCCCCCOC(=O)/N=C(/N)c1ccc(NCc2nc3cc(C(=O)N(CCC(=O)OC(C)OC(=O)OC(C)(C)C)c4ccccn4)ccc3n2C)cc1. The fourth-order valence-corrected chi connectivity index (χ4v) is 5.23. The Bertz CT molecular complexity index is 1920. The van der Waals surface area contributed by atoms with Crippen LogP contribution in [0.3, 0.4) is 0 Å². The minimum absolute atomic E-state index is 0.0528. The van der Waals surface area contributed by atoms with Crippen LogP contribution in [0.15, 0.2) is 71.9 Å². The van der Waals surface area contributed by atoms with E-state index in [0.717, 1.165) is 36.9 Å². The first-order valence-corrected chi connectivity index (χ1v) is 17.9. The summed E-state index contributed by atoms with van der Waals surface area (Å²) >= 11 is 0. The number of hydrogen-bond acceptors (Lipinski definition) is 11. The highest BCUT2D eigenvalue weighted by atomic mass is 16.8. The van der Waals surface area contributed by atoms with Crippen LogP contribution in [-0.4, -0.2) is 69.5 Å². The number of amides is 2. The summed E-state index contributed by atoms with van der Waals surface area (Å²) in [5, 5.41) is 3.33. The van der Waals surface area contributed by atoms with Gasteiger partial charge in [-0.3, -0.25) is 14.5 Å². The lowest BCUT2D eigenvalue weighted by molar-refractivity contribution is -0.169. The van der Waals surface area contributed by atoms with Crippen molar-refractivity contribution in [2.75, 3.05) is 23.4 Å². The van der Waals surface area contributed by atoms with Crippen LogP contribution in [0.4, 0.5) is 21.1 Å². The Balaban J connectivity index is 1.38. The third-order valence-electron chi connectivity index (χ3n) is 7.95. The fourth-order valence-electron chi connectivity index (χ4n) is 5.23. The molecular formula is C39H49N7O8. The number of ether oxygens (including phenoxy) is 4. The first-order valence-electron chi connectivity index (χ1n) is 17.9. The van der Waals surface area contributed by atoms with Crippen molar-refractivity contribution in [3.05, 3.63) is 83.8 Å². The zero-order chi connectivity index (χ0) is 39.3. The Morgan fingerprint density at radius 3 is 2.41 bits per heavy atom. The highest BCUT2D eigenvalue weighted by Gasteiger charge is 2.24. The molecule has 0 bridgehead atoms. The Labute approximate surface area is 314 Å². The van der Waals surface area contributed by atoms with E-state index in [-0.39, 0.29) is 18.8 Å². The van der Waals surface area contributed by atoms with E-state index in [1.807, 2.05) is 29.8 Å². The van der Waals surface area contributed by atoms with E-state index < -0.39 is 36.0 Å². The van der Waals surface area contributed by atoms with Crippen LogP contribution in [0.1, 0.15) is 88.5 Å². The maximum Gasteiger partial charge on any atom is 0.511 e. The van der Waals surface area contributed by atoms with Crippen LogP contribution in [0.25, 0.3) is 11.0 Å². The number of rotatable bonds is 16. The molecule has 15 heteroatoms. The molecule has 0 aliphatic carbocycles. The number of anilines is 2. The number of nitrogens with one attached hydrogen (secondary N) is 1. The minimum Gasteiger partial charge on any atom is -0.448 e. The number of amidine groups is 1. The first kappa shape index (κ1) is 40.8. The lowest BCUT2D eigenvalue weighted by Gasteiger charge is -2.23. The number of esters is 1. The van der Waals surface area contributed by atoms with Crippen LogP contribution in [-0.2, 0) is 37.3 Å². The molecule has 0 saturated heterocycles. The van der Waals surface area contributed by atoms with Crippen molar-refractivity contribution in [3.8, 4) is 0 Å². The van der Waals surface area contributed by atoms with Gasteiger partial charge in [-0.2, -0.15) is 4.99 Å². The van der Waals surface area contributed by atoms with Crippen molar-refractivity contribution in [2.24, 2.45) is 17.8 Å². The highest BCUT2D eigenvalue weighted by molar-refractivity contribution is 6.07. The van der Waals surface area contributed by atoms with Crippen molar-refractivity contribution >= 4 is 52.5 Å². The molecular weight excluding hydrogens is 694 g/mol. The van der Waals surface area contributed by atoms with Gasteiger partial charge >= 0.3 is 18.2 Å². The van der Waals surface area contributed by atoms with E-state index in [0.29, 0.717) is 41.4 Å². The van der Waals surface area contributed by atoms with Crippen LogP contribution in [0.5, 0.6) is 0 Å². The molecule has 1 atom stereocenters. The fraction of sp³-hybridized carbons (Fsp3) is 0.410. The van der Waals surface area contributed by atoms with Gasteiger partial charge in [0.1, 0.15) is 23.1 Å². The summed E-state index contributed by atoms with van der Waals surface area (Å²) in [7, 11) is 1.89. The molecule has 3 N–H and O–H groups in total. The van der Waals surface area contributed by atoms with E-state index >= 15 is 0 Å². The van der Waals surface area contributed by atoms with E-state index in [9.17, 15) is 19.2 Å². The number of nitrogens with zero attached hydrogens (tertiary/aromatic N) is 5. The first-order chi connectivity index (χ1) is 25.7. The molecule has 0 aliphatic rings. The molecule has 2 aromatic heterocycles. The topological polar surface area (TPSA) is 190 Å². The van der Waals surface area contributed by atoms with Gasteiger partial charge in [0.05, 0.1) is 30.6 Å². The lowest BCUT2D eigenvalue weighted by Crippen LogP contribution is -2.34. The number of nitrogens with two attached hydrogens (primary N) is 1. The van der Waals surface area contributed by atoms with Crippen molar-refractivity contribution in [3.63, 3.8) is 0 Å². The Morgan fingerprint density at radius 1 is 0.981 bits per heavy atom. The van der Waals surface area contributed by atoms with Crippen LogP contribution >= 0.6 is 0 Å². The number of benzene rings is 2. The second kappa shape index (κ2) is 19.2. The third-order valence-corrected chi connectivity index (χ3v) is 7.95. The molecule has 4 aromatic rings. The van der Waals surface area contributed by atoms with Crippen molar-refractivity contribution in [1.29, 1.82) is 0 Å². The average molecular weight is 744 g/mol. The maximum absolute atomic E-state index is 13.9. The minimum atomic E-state index is -1.19. The molecule has 0 saturated carbocycles. The molecule has 2 aromatic carbocycles. The quantitative estimate of drug-likeness (QED) is 0.0303. The number of aryl methyl sites for hydroxylation is 1. The van der Waals surface area contributed by atoms with Crippen LogP contribution < -0.4 is 16.0 Å². The molecule has 2 amide bonds. The Hall–Kier alpha value is -5.99. The molecule has 15 nitrogen and oxygen atoms in total. The van der Waals surface area contributed by atoms with Crippen LogP contribution in [0.2, 0.25) is 0 Å². The lowest BCUT2D eigenvalue weighted by atomic mass is 10.1. The monoisotopic (exact) mass is 743 g/mol. The number of imidazole rings is 1. The number of unbranched alkanes of at least 4 members (excludes halogenated alkanes) is 3. The number of carbonyl (C=O) groups is 4. The van der Waals surface area contributed by atoms with E-state index in [1.54, 1.807) is 69.4 Å². The predicted octanol–water partition coefficient (Wildman–Crippen LogP) is 6.88. The zero-order valence-electron chi connectivity index (χ0n) is 31.7. The van der Waals surface area contributed by atoms with Gasteiger partial charge in [0.15, 0.2) is 0 Å². The smallest absolute Gasteiger partial charge is 0.448 e. The van der Waals surface area contributed by atoms with E-state index in [2.05, 4.69) is 22.2 Å². The number of carbonyl (C=O) groups excluding carboxylic acids is 4.